The van der Waals surface area contributed by atoms with Crippen LogP contribution >= 0.6 is 11.6 Å². The van der Waals surface area contributed by atoms with E-state index >= 15 is 0 Å². The standard InChI is InChI=1S/C22H20ClN3O4/c1-12-2-4-14(9-17(12)23)20(28)24-10-13-3-5-16-15(8-13)11-26(22(16)30)18-6-7-19(27)25-21(18)29/h2-5,8-9,18H,6-7,10-11H2,1H3,(H,24,28)(H,25,27,29). The van der Waals surface area contributed by atoms with Gasteiger partial charge in [0.15, 0.2) is 0 Å². The summed E-state index contributed by atoms with van der Waals surface area (Å²) in [6.45, 7) is 2.47. The predicted octanol–water partition coefficient (Wildman–Crippen LogP) is 2.34. The van der Waals surface area contributed by atoms with Crippen LogP contribution in [-0.2, 0) is 22.7 Å². The number of hydrogen-bond acceptors (Lipinski definition) is 4. The minimum absolute atomic E-state index is 0.218. The fourth-order valence-electron chi connectivity index (χ4n) is 3.76. The molecule has 0 saturated carbocycles. The molecular weight excluding hydrogens is 406 g/mol. The highest BCUT2D eigenvalue weighted by atomic mass is 35.5. The Morgan fingerprint density at radius 1 is 1.20 bits per heavy atom. The van der Waals surface area contributed by atoms with E-state index in [4.69, 9.17) is 11.6 Å². The van der Waals surface area contributed by atoms with Crippen LogP contribution in [0.15, 0.2) is 36.4 Å². The summed E-state index contributed by atoms with van der Waals surface area (Å²) >= 11 is 6.08. The van der Waals surface area contributed by atoms with Gasteiger partial charge in [-0.1, -0.05) is 29.8 Å². The summed E-state index contributed by atoms with van der Waals surface area (Å²) in [6, 6.07) is 9.86. The number of aryl methyl sites for hydroxylation is 1. The molecule has 7 nitrogen and oxygen atoms in total. The normalized spacial score (nSPS) is 18.3. The molecule has 0 aromatic heterocycles. The van der Waals surface area contributed by atoms with Gasteiger partial charge in [0.25, 0.3) is 11.8 Å². The number of imide groups is 1. The number of nitrogens with zero attached hydrogens (tertiary/aromatic N) is 1. The Morgan fingerprint density at radius 2 is 2.00 bits per heavy atom. The van der Waals surface area contributed by atoms with E-state index < -0.39 is 11.9 Å². The largest absolute Gasteiger partial charge is 0.348 e. The lowest BCUT2D eigenvalue weighted by molar-refractivity contribution is -0.136. The Hall–Kier alpha value is -3.19. The molecule has 1 atom stereocenters. The summed E-state index contributed by atoms with van der Waals surface area (Å²) < 4.78 is 0. The van der Waals surface area contributed by atoms with Crippen LogP contribution in [0, 0.1) is 6.92 Å². The number of carbonyl (C=O) groups is 4. The monoisotopic (exact) mass is 425 g/mol. The van der Waals surface area contributed by atoms with Gasteiger partial charge in [0.1, 0.15) is 6.04 Å². The van der Waals surface area contributed by atoms with Crippen molar-refractivity contribution >= 4 is 35.2 Å². The van der Waals surface area contributed by atoms with Crippen molar-refractivity contribution in [3.8, 4) is 0 Å². The van der Waals surface area contributed by atoms with Crippen LogP contribution in [0.2, 0.25) is 5.02 Å². The molecule has 4 rings (SSSR count). The van der Waals surface area contributed by atoms with Crippen molar-refractivity contribution in [2.75, 3.05) is 0 Å². The SMILES string of the molecule is Cc1ccc(C(=O)NCc2ccc3c(c2)CN(C2CCC(=O)NC2=O)C3=O)cc1Cl. The van der Waals surface area contributed by atoms with Gasteiger partial charge < -0.3 is 10.2 Å². The van der Waals surface area contributed by atoms with E-state index in [-0.39, 0.29) is 24.1 Å². The lowest BCUT2D eigenvalue weighted by Crippen LogP contribution is -2.52. The Balaban J connectivity index is 1.44. The van der Waals surface area contributed by atoms with Crippen molar-refractivity contribution in [2.24, 2.45) is 0 Å². The van der Waals surface area contributed by atoms with Crippen molar-refractivity contribution in [1.29, 1.82) is 0 Å². The number of halogens is 1. The Labute approximate surface area is 178 Å². The maximum atomic E-state index is 12.7. The average Bonchev–Trinajstić information content (AvgIpc) is 3.04. The smallest absolute Gasteiger partial charge is 0.255 e. The van der Waals surface area contributed by atoms with E-state index in [2.05, 4.69) is 10.6 Å². The molecule has 0 spiro atoms. The molecule has 1 unspecified atom stereocenters. The third-order valence-electron chi connectivity index (χ3n) is 5.48. The van der Waals surface area contributed by atoms with E-state index in [0.29, 0.717) is 35.7 Å². The van der Waals surface area contributed by atoms with Crippen molar-refractivity contribution < 1.29 is 19.2 Å². The van der Waals surface area contributed by atoms with Crippen molar-refractivity contribution in [2.45, 2.75) is 38.9 Å². The highest BCUT2D eigenvalue weighted by Gasteiger charge is 2.39. The molecule has 8 heteroatoms. The fourth-order valence-corrected chi connectivity index (χ4v) is 3.94. The first-order valence-electron chi connectivity index (χ1n) is 9.64. The zero-order valence-electron chi connectivity index (χ0n) is 16.3. The first-order valence-corrected chi connectivity index (χ1v) is 10.0. The maximum Gasteiger partial charge on any atom is 0.255 e. The molecule has 154 valence electrons. The van der Waals surface area contributed by atoms with Crippen LogP contribution in [0.4, 0.5) is 0 Å². The topological polar surface area (TPSA) is 95.6 Å². The molecule has 4 amide bonds. The van der Waals surface area contributed by atoms with Crippen molar-refractivity contribution in [3.63, 3.8) is 0 Å². The van der Waals surface area contributed by atoms with Crippen molar-refractivity contribution in [3.05, 3.63) is 69.2 Å². The van der Waals surface area contributed by atoms with Crippen LogP contribution in [0.25, 0.3) is 0 Å². The van der Waals surface area contributed by atoms with E-state index in [1.54, 1.807) is 30.3 Å². The number of piperidine rings is 1. The van der Waals surface area contributed by atoms with Gasteiger partial charge in [-0.2, -0.15) is 0 Å². The molecule has 1 fully saturated rings. The van der Waals surface area contributed by atoms with Gasteiger partial charge in [0.2, 0.25) is 11.8 Å². The summed E-state index contributed by atoms with van der Waals surface area (Å²) in [5.74, 6) is -1.20. The molecule has 1 saturated heterocycles. The summed E-state index contributed by atoms with van der Waals surface area (Å²) in [5.41, 5.74) is 3.57. The molecule has 0 radical (unpaired) electrons. The number of carbonyl (C=O) groups excluding carboxylic acids is 4. The number of amides is 4. The van der Waals surface area contributed by atoms with Gasteiger partial charge in [0, 0.05) is 35.7 Å². The molecule has 2 aromatic rings. The molecule has 0 bridgehead atoms. The lowest BCUT2D eigenvalue weighted by atomic mass is 10.0. The van der Waals surface area contributed by atoms with Gasteiger partial charge in [-0.15, -0.1) is 0 Å². The first kappa shape index (κ1) is 20.1. The zero-order chi connectivity index (χ0) is 21.4. The zero-order valence-corrected chi connectivity index (χ0v) is 17.1. The van der Waals surface area contributed by atoms with E-state index in [0.717, 1.165) is 16.7 Å². The Bertz CT molecular complexity index is 1080. The van der Waals surface area contributed by atoms with Gasteiger partial charge in [-0.25, -0.2) is 0 Å². The maximum absolute atomic E-state index is 12.7. The summed E-state index contributed by atoms with van der Waals surface area (Å²) in [5, 5.41) is 5.68. The fraction of sp³-hybridized carbons (Fsp3) is 0.273. The lowest BCUT2D eigenvalue weighted by Gasteiger charge is -2.29. The van der Waals surface area contributed by atoms with Gasteiger partial charge >= 0.3 is 0 Å². The number of benzene rings is 2. The van der Waals surface area contributed by atoms with Crippen LogP contribution in [0.5, 0.6) is 0 Å². The van der Waals surface area contributed by atoms with Crippen LogP contribution < -0.4 is 10.6 Å². The van der Waals surface area contributed by atoms with Crippen LogP contribution in [-0.4, -0.2) is 34.6 Å². The molecule has 2 aliphatic heterocycles. The second-order valence-electron chi connectivity index (χ2n) is 7.54. The minimum atomic E-state index is -0.642. The highest BCUT2D eigenvalue weighted by Crippen LogP contribution is 2.28. The van der Waals surface area contributed by atoms with Gasteiger partial charge in [-0.05, 0) is 48.2 Å². The minimum Gasteiger partial charge on any atom is -0.348 e. The molecule has 2 aliphatic rings. The molecule has 2 heterocycles. The van der Waals surface area contributed by atoms with Crippen molar-refractivity contribution in [1.82, 2.24) is 15.5 Å². The van der Waals surface area contributed by atoms with Crippen LogP contribution in [0.1, 0.15) is 50.2 Å². The number of hydrogen-bond donors (Lipinski definition) is 2. The molecular formula is C22H20ClN3O4. The highest BCUT2D eigenvalue weighted by molar-refractivity contribution is 6.31. The van der Waals surface area contributed by atoms with Gasteiger partial charge in [0.05, 0.1) is 0 Å². The summed E-state index contributed by atoms with van der Waals surface area (Å²) in [4.78, 5) is 50.1. The number of nitrogens with one attached hydrogen (secondary N) is 2. The Morgan fingerprint density at radius 3 is 2.73 bits per heavy atom. The number of fused-ring (bicyclic) bond motifs is 1. The predicted molar refractivity (Wildman–Crippen MR) is 110 cm³/mol. The third-order valence-corrected chi connectivity index (χ3v) is 5.88. The van der Waals surface area contributed by atoms with E-state index in [9.17, 15) is 19.2 Å². The summed E-state index contributed by atoms with van der Waals surface area (Å²) in [7, 11) is 0. The second-order valence-corrected chi connectivity index (χ2v) is 7.95. The molecule has 30 heavy (non-hydrogen) atoms. The number of rotatable bonds is 4. The van der Waals surface area contributed by atoms with Gasteiger partial charge in [-0.3, -0.25) is 24.5 Å². The summed E-state index contributed by atoms with van der Waals surface area (Å²) in [6.07, 6.45) is 0.545. The van der Waals surface area contributed by atoms with E-state index in [1.165, 1.54) is 4.90 Å². The second kappa shape index (κ2) is 7.91. The quantitative estimate of drug-likeness (QED) is 0.735. The third kappa shape index (κ3) is 3.80. The molecule has 2 N–H and O–H groups in total. The average molecular weight is 426 g/mol. The molecule has 0 aliphatic carbocycles. The Kier molecular flexibility index (Phi) is 5.30. The van der Waals surface area contributed by atoms with E-state index in [1.807, 2.05) is 13.0 Å². The first-order chi connectivity index (χ1) is 14.3. The van der Waals surface area contributed by atoms with Crippen LogP contribution in [0.3, 0.4) is 0 Å². The molecule has 2 aromatic carbocycles.